The van der Waals surface area contributed by atoms with Gasteiger partial charge in [-0.05, 0) is 42.2 Å². The van der Waals surface area contributed by atoms with Gasteiger partial charge < -0.3 is 5.11 Å². The van der Waals surface area contributed by atoms with E-state index in [0.717, 1.165) is 17.4 Å². The number of rotatable bonds is 6. The first-order valence-corrected chi connectivity index (χ1v) is 10.6. The van der Waals surface area contributed by atoms with Gasteiger partial charge in [-0.15, -0.1) is 0 Å². The first-order chi connectivity index (χ1) is 13.3. The van der Waals surface area contributed by atoms with E-state index in [9.17, 15) is 13.2 Å². The van der Waals surface area contributed by atoms with E-state index in [1.54, 1.807) is 30.3 Å². The molecule has 0 bridgehead atoms. The monoisotopic (exact) mass is 397 g/mol. The molecule has 0 amide bonds. The maximum atomic E-state index is 11.4. The minimum atomic E-state index is -3.33. The van der Waals surface area contributed by atoms with Crippen molar-refractivity contribution in [3.63, 3.8) is 0 Å². The number of aryl methyl sites for hydroxylation is 2. The number of carboxylic acid groups (broad SMARTS) is 1. The molecule has 2 N–H and O–H groups in total. The van der Waals surface area contributed by atoms with Gasteiger partial charge in [0.1, 0.15) is 0 Å². The molecule has 146 valence electrons. The third-order valence-corrected chi connectivity index (χ3v) is 4.43. The number of hydrogen-bond acceptors (Lipinski definition) is 3. The maximum absolute atomic E-state index is 11.4. The van der Waals surface area contributed by atoms with Crippen LogP contribution in [-0.4, -0.2) is 25.7 Å². The van der Waals surface area contributed by atoms with Gasteiger partial charge in [0.25, 0.3) is 0 Å². The molecule has 3 aromatic carbocycles. The van der Waals surface area contributed by atoms with Crippen molar-refractivity contribution in [2.24, 2.45) is 0 Å². The number of carboxylic acids is 1. The molecule has 0 fully saturated rings. The number of anilines is 1. The molecule has 0 unspecified atom stereocenters. The average Bonchev–Trinajstić information content (AvgIpc) is 2.68. The lowest BCUT2D eigenvalue weighted by molar-refractivity contribution is 0.0696. The van der Waals surface area contributed by atoms with E-state index in [2.05, 4.69) is 4.72 Å². The fraction of sp³-hybridized carbons (Fsp3) is 0.136. The smallest absolute Gasteiger partial charge is 0.335 e. The van der Waals surface area contributed by atoms with Gasteiger partial charge in [0.15, 0.2) is 0 Å². The van der Waals surface area contributed by atoms with Crippen LogP contribution >= 0.6 is 0 Å². The highest BCUT2D eigenvalue weighted by Crippen LogP contribution is 2.19. The summed E-state index contributed by atoms with van der Waals surface area (Å²) >= 11 is 0. The predicted molar refractivity (Wildman–Crippen MR) is 112 cm³/mol. The van der Waals surface area contributed by atoms with E-state index < -0.39 is 16.0 Å². The Hall–Kier alpha value is -3.12. The molecule has 6 heteroatoms. The molecule has 0 radical (unpaired) electrons. The van der Waals surface area contributed by atoms with Crippen molar-refractivity contribution in [1.82, 2.24) is 0 Å². The second-order valence-electron chi connectivity index (χ2n) is 6.19. The van der Waals surface area contributed by atoms with Crippen LogP contribution in [0.2, 0.25) is 0 Å². The normalized spacial score (nSPS) is 10.5. The van der Waals surface area contributed by atoms with Crippen LogP contribution < -0.4 is 4.72 Å². The Balaban J connectivity index is 0.000000397. The van der Waals surface area contributed by atoms with Crippen LogP contribution in [-0.2, 0) is 22.9 Å². The van der Waals surface area contributed by atoms with E-state index in [1.165, 1.54) is 0 Å². The van der Waals surface area contributed by atoms with Crippen LogP contribution in [0.3, 0.4) is 0 Å². The Labute approximate surface area is 165 Å². The summed E-state index contributed by atoms with van der Waals surface area (Å²) in [5, 5.41) is 8.99. The number of carbonyl (C=O) groups is 1. The minimum absolute atomic E-state index is 0.250. The zero-order valence-electron chi connectivity index (χ0n) is 15.6. The largest absolute Gasteiger partial charge is 0.478 e. The molecule has 3 aromatic rings. The fourth-order valence-electron chi connectivity index (χ4n) is 2.56. The van der Waals surface area contributed by atoms with Gasteiger partial charge in [-0.25, -0.2) is 13.2 Å². The number of hydrogen-bond donors (Lipinski definition) is 2. The first-order valence-electron chi connectivity index (χ1n) is 8.73. The van der Waals surface area contributed by atoms with Crippen LogP contribution in [0.25, 0.3) is 0 Å². The number of para-hydroxylation sites is 1. The molecule has 0 atom stereocenters. The Bertz CT molecular complexity index is 975. The zero-order valence-corrected chi connectivity index (χ0v) is 16.4. The molecule has 0 spiro atoms. The Morgan fingerprint density at radius 2 is 1.46 bits per heavy atom. The second kappa shape index (κ2) is 10.3. The molecule has 0 aliphatic rings. The van der Waals surface area contributed by atoms with Gasteiger partial charge in [-0.1, -0.05) is 66.7 Å². The predicted octanol–water partition coefficient (Wildman–Crippen LogP) is 4.23. The molecule has 0 saturated carbocycles. The first kappa shape index (κ1) is 21.2. The molecule has 0 aliphatic heterocycles. The van der Waals surface area contributed by atoms with Gasteiger partial charge in [0, 0.05) is 0 Å². The van der Waals surface area contributed by atoms with Gasteiger partial charge in [-0.2, -0.15) is 0 Å². The van der Waals surface area contributed by atoms with Crippen molar-refractivity contribution in [3.05, 3.63) is 102 Å². The zero-order chi connectivity index (χ0) is 20.4. The second-order valence-corrected chi connectivity index (χ2v) is 7.94. The summed E-state index contributed by atoms with van der Waals surface area (Å²) in [6, 6.07) is 25.9. The summed E-state index contributed by atoms with van der Waals surface area (Å²) < 4.78 is 25.2. The van der Waals surface area contributed by atoms with Crippen molar-refractivity contribution in [1.29, 1.82) is 0 Å². The molecule has 28 heavy (non-hydrogen) atoms. The topological polar surface area (TPSA) is 83.5 Å². The van der Waals surface area contributed by atoms with Crippen LogP contribution in [0.15, 0.2) is 84.9 Å². The molecule has 0 saturated heterocycles. The van der Waals surface area contributed by atoms with Gasteiger partial charge in [0.2, 0.25) is 10.0 Å². The van der Waals surface area contributed by atoms with E-state index in [-0.39, 0.29) is 5.56 Å². The van der Waals surface area contributed by atoms with E-state index in [4.69, 9.17) is 5.11 Å². The number of sulfonamides is 1. The molecular formula is C22H23NO4S. The third-order valence-electron chi connectivity index (χ3n) is 3.84. The highest BCUT2D eigenvalue weighted by Gasteiger charge is 2.08. The fourth-order valence-corrected chi connectivity index (χ4v) is 3.16. The highest BCUT2D eigenvalue weighted by atomic mass is 32.2. The molecule has 0 aliphatic carbocycles. The summed E-state index contributed by atoms with van der Waals surface area (Å²) in [7, 11) is -3.33. The van der Waals surface area contributed by atoms with Crippen molar-refractivity contribution < 1.29 is 18.3 Å². The van der Waals surface area contributed by atoms with E-state index in [0.29, 0.717) is 18.5 Å². The van der Waals surface area contributed by atoms with Crippen LogP contribution in [0.5, 0.6) is 0 Å². The summed E-state index contributed by atoms with van der Waals surface area (Å²) in [6.45, 7) is 0. The van der Waals surface area contributed by atoms with Crippen LogP contribution in [0.4, 0.5) is 5.69 Å². The Kier molecular flexibility index (Phi) is 7.77. The SMILES string of the molecule is CS(=O)(=O)Nc1ccccc1CCc1cccc(C(=O)O)c1.c1ccccc1. The lowest BCUT2D eigenvalue weighted by Crippen LogP contribution is -2.11. The van der Waals surface area contributed by atoms with Crippen molar-refractivity contribution >= 4 is 21.7 Å². The van der Waals surface area contributed by atoms with Crippen LogP contribution in [0, 0.1) is 0 Å². The van der Waals surface area contributed by atoms with Gasteiger partial charge in [-0.3, -0.25) is 4.72 Å². The summed E-state index contributed by atoms with van der Waals surface area (Å²) in [6.07, 6.45) is 2.35. The Morgan fingerprint density at radius 1 is 0.857 bits per heavy atom. The summed E-state index contributed by atoms with van der Waals surface area (Å²) in [5.74, 6) is -0.957. The van der Waals surface area contributed by atoms with Gasteiger partial charge in [0.05, 0.1) is 17.5 Å². The van der Waals surface area contributed by atoms with Crippen molar-refractivity contribution in [3.8, 4) is 0 Å². The lowest BCUT2D eigenvalue weighted by atomic mass is 10.0. The lowest BCUT2D eigenvalue weighted by Gasteiger charge is -2.10. The van der Waals surface area contributed by atoms with Crippen molar-refractivity contribution in [2.45, 2.75) is 12.8 Å². The van der Waals surface area contributed by atoms with E-state index >= 15 is 0 Å². The van der Waals surface area contributed by atoms with Gasteiger partial charge >= 0.3 is 5.97 Å². The van der Waals surface area contributed by atoms with E-state index in [1.807, 2.05) is 54.6 Å². The summed E-state index contributed by atoms with van der Waals surface area (Å²) in [4.78, 5) is 11.0. The quantitative estimate of drug-likeness (QED) is 0.652. The number of benzene rings is 3. The maximum Gasteiger partial charge on any atom is 0.335 e. The van der Waals surface area contributed by atoms with Crippen molar-refractivity contribution in [2.75, 3.05) is 11.0 Å². The summed E-state index contributed by atoms with van der Waals surface area (Å²) in [5.41, 5.74) is 2.57. The highest BCUT2D eigenvalue weighted by molar-refractivity contribution is 7.92. The molecule has 0 aromatic heterocycles. The minimum Gasteiger partial charge on any atom is -0.478 e. The number of nitrogens with one attached hydrogen (secondary N) is 1. The van der Waals surface area contributed by atoms with Crippen LogP contribution in [0.1, 0.15) is 21.5 Å². The molecule has 0 heterocycles. The molecular weight excluding hydrogens is 374 g/mol. The standard InChI is InChI=1S/C16H17NO4S.C6H6/c1-22(20,21)17-15-8-3-2-6-13(15)10-9-12-5-4-7-14(11-12)16(18)19;1-2-4-6-5-3-1/h2-8,11,17H,9-10H2,1H3,(H,18,19);1-6H. The third kappa shape index (κ3) is 7.63. The average molecular weight is 397 g/mol. The molecule has 5 nitrogen and oxygen atoms in total. The number of aromatic carboxylic acids is 1. The molecule has 3 rings (SSSR count). The Morgan fingerprint density at radius 3 is 2.04 bits per heavy atom.